The minimum Gasteiger partial charge on any atom is -0.480 e. The molecule has 0 bridgehead atoms. The molecule has 3 atom stereocenters. The van der Waals surface area contributed by atoms with E-state index >= 15 is 0 Å². The van der Waals surface area contributed by atoms with Crippen molar-refractivity contribution in [2.75, 3.05) is 0 Å². The van der Waals surface area contributed by atoms with Gasteiger partial charge in [-0.25, -0.2) is 9.59 Å². The summed E-state index contributed by atoms with van der Waals surface area (Å²) in [4.78, 5) is 24.2. The van der Waals surface area contributed by atoms with Gasteiger partial charge in [-0.1, -0.05) is 116 Å². The van der Waals surface area contributed by atoms with E-state index in [2.05, 4.69) is 46.1 Å². The van der Waals surface area contributed by atoms with Gasteiger partial charge in [0.2, 0.25) is 0 Å². The molecule has 0 radical (unpaired) electrons. The van der Waals surface area contributed by atoms with Gasteiger partial charge < -0.3 is 24.7 Å². The third-order valence-corrected chi connectivity index (χ3v) is 12.1. The van der Waals surface area contributed by atoms with Gasteiger partial charge in [-0.15, -0.1) is 0 Å². The predicted octanol–water partition coefficient (Wildman–Crippen LogP) is 7.43. The van der Waals surface area contributed by atoms with Gasteiger partial charge in [0.25, 0.3) is 0 Å². The molecule has 0 saturated carbocycles. The van der Waals surface area contributed by atoms with Gasteiger partial charge in [-0.3, -0.25) is 0 Å². The maximum Gasteiger partial charge on any atom is 0.408 e. The molecule has 0 fully saturated rings. The van der Waals surface area contributed by atoms with Crippen LogP contribution in [0.3, 0.4) is 0 Å². The first-order chi connectivity index (χ1) is 17.9. The Morgan fingerprint density at radius 1 is 0.947 bits per heavy atom. The van der Waals surface area contributed by atoms with E-state index in [-0.39, 0.29) is 24.2 Å². The molecule has 0 aliphatic carbocycles. The first-order valence-electron chi connectivity index (χ1n) is 14.4. The standard InChI is InChI=1S/C30H53NO6Si/c1-7-8-9-10-11-12-13-14-18-21-25(37-38(5,6)30(2,3)4)22-26(32)27(28(33)34)31-29(35)36-23-24-19-16-15-17-20-24/h15-17,19-20,25-27,32H,7-14,18,21-23H2,1-6H3,(H,31,35)(H,33,34)/t25-,26?,27?/m1/s1. The molecule has 2 unspecified atom stereocenters. The van der Waals surface area contributed by atoms with Crippen molar-refractivity contribution < 1.29 is 29.0 Å². The van der Waals surface area contributed by atoms with Crippen LogP contribution in [0.25, 0.3) is 0 Å². The van der Waals surface area contributed by atoms with E-state index in [1.165, 1.54) is 44.9 Å². The Morgan fingerprint density at radius 2 is 1.50 bits per heavy atom. The van der Waals surface area contributed by atoms with Crippen molar-refractivity contribution in [1.82, 2.24) is 5.32 Å². The van der Waals surface area contributed by atoms with E-state index in [0.717, 1.165) is 24.8 Å². The van der Waals surface area contributed by atoms with Gasteiger partial charge in [-0.2, -0.15) is 0 Å². The molecule has 1 aromatic carbocycles. The number of aliphatic carboxylic acids is 1. The monoisotopic (exact) mass is 551 g/mol. The van der Waals surface area contributed by atoms with Crippen LogP contribution in [-0.4, -0.2) is 48.8 Å². The zero-order valence-corrected chi connectivity index (χ0v) is 25.6. The topological polar surface area (TPSA) is 105 Å². The summed E-state index contributed by atoms with van der Waals surface area (Å²) >= 11 is 0. The maximum atomic E-state index is 12.3. The number of hydrogen-bond donors (Lipinski definition) is 3. The number of carboxylic acid groups (broad SMARTS) is 1. The molecule has 8 heteroatoms. The van der Waals surface area contributed by atoms with E-state index in [4.69, 9.17) is 9.16 Å². The number of benzene rings is 1. The van der Waals surface area contributed by atoms with E-state index in [0.29, 0.717) is 0 Å². The van der Waals surface area contributed by atoms with Crippen LogP contribution in [0.2, 0.25) is 18.1 Å². The molecule has 0 aliphatic heterocycles. The maximum absolute atomic E-state index is 12.3. The number of rotatable bonds is 19. The van der Waals surface area contributed by atoms with Crippen LogP contribution in [0.5, 0.6) is 0 Å². The highest BCUT2D eigenvalue weighted by molar-refractivity contribution is 6.74. The molecular weight excluding hydrogens is 498 g/mol. The van der Waals surface area contributed by atoms with Crippen molar-refractivity contribution in [2.24, 2.45) is 0 Å². The molecule has 0 spiro atoms. The van der Waals surface area contributed by atoms with Crippen LogP contribution in [-0.2, 0) is 20.6 Å². The number of nitrogens with one attached hydrogen (secondary N) is 1. The van der Waals surface area contributed by atoms with E-state index in [1.54, 1.807) is 0 Å². The lowest BCUT2D eigenvalue weighted by Gasteiger charge is -2.40. The Labute approximate surface area is 231 Å². The summed E-state index contributed by atoms with van der Waals surface area (Å²) in [5, 5.41) is 23.0. The zero-order chi connectivity index (χ0) is 28.6. The van der Waals surface area contributed by atoms with Gasteiger partial charge in [-0.05, 0) is 30.1 Å². The summed E-state index contributed by atoms with van der Waals surface area (Å²) < 4.78 is 11.8. The average Bonchev–Trinajstić information content (AvgIpc) is 2.84. The third kappa shape index (κ3) is 13.8. The first kappa shape index (κ1) is 34.1. The van der Waals surface area contributed by atoms with Crippen LogP contribution in [0.15, 0.2) is 30.3 Å². The molecule has 38 heavy (non-hydrogen) atoms. The number of alkyl carbamates (subject to hydrolysis) is 1. The quantitative estimate of drug-likeness (QED) is 0.122. The second-order valence-electron chi connectivity index (χ2n) is 11.9. The highest BCUT2D eigenvalue weighted by Crippen LogP contribution is 2.38. The number of ether oxygens (including phenoxy) is 1. The fourth-order valence-electron chi connectivity index (χ4n) is 4.12. The van der Waals surface area contributed by atoms with Crippen molar-refractivity contribution in [3.63, 3.8) is 0 Å². The number of carbonyl (C=O) groups is 2. The van der Waals surface area contributed by atoms with Gasteiger partial charge >= 0.3 is 12.1 Å². The molecule has 218 valence electrons. The number of carbonyl (C=O) groups excluding carboxylic acids is 1. The van der Waals surface area contributed by atoms with Gasteiger partial charge in [0, 0.05) is 12.5 Å². The molecule has 1 amide bonds. The summed E-state index contributed by atoms with van der Waals surface area (Å²) in [5.74, 6) is -1.30. The summed E-state index contributed by atoms with van der Waals surface area (Å²) in [6.45, 7) is 13.1. The van der Waals surface area contributed by atoms with Crippen LogP contribution < -0.4 is 5.32 Å². The largest absolute Gasteiger partial charge is 0.480 e. The smallest absolute Gasteiger partial charge is 0.408 e. The minimum absolute atomic E-state index is 0.0135. The number of hydrogen-bond acceptors (Lipinski definition) is 5. The Kier molecular flexibility index (Phi) is 15.8. The lowest BCUT2D eigenvalue weighted by atomic mass is 9.99. The Hall–Kier alpha value is -1.90. The molecule has 0 aromatic heterocycles. The first-order valence-corrected chi connectivity index (χ1v) is 17.3. The lowest BCUT2D eigenvalue weighted by Crippen LogP contribution is -2.51. The van der Waals surface area contributed by atoms with E-state index < -0.39 is 32.5 Å². The predicted molar refractivity (Wildman–Crippen MR) is 156 cm³/mol. The van der Waals surface area contributed by atoms with Crippen LogP contribution in [0.4, 0.5) is 4.79 Å². The lowest BCUT2D eigenvalue weighted by molar-refractivity contribution is -0.142. The fraction of sp³-hybridized carbons (Fsp3) is 0.733. The van der Waals surface area contributed by atoms with Crippen molar-refractivity contribution >= 4 is 20.4 Å². The SMILES string of the molecule is CCCCCCCCCCC[C@H](CC(O)C(NC(=O)OCc1ccccc1)C(=O)O)O[Si](C)(C)C(C)(C)C. The number of unbranched alkanes of at least 4 members (excludes halogenated alkanes) is 8. The Bertz CT molecular complexity index is 796. The number of aliphatic hydroxyl groups is 1. The second-order valence-corrected chi connectivity index (χ2v) is 16.7. The molecule has 1 rings (SSSR count). The highest BCUT2D eigenvalue weighted by atomic mass is 28.4. The van der Waals surface area contributed by atoms with Crippen molar-refractivity contribution in [3.8, 4) is 0 Å². The van der Waals surface area contributed by atoms with E-state index in [1.807, 2.05) is 30.3 Å². The number of carboxylic acids is 1. The van der Waals surface area contributed by atoms with Gasteiger partial charge in [0.05, 0.1) is 6.10 Å². The van der Waals surface area contributed by atoms with Gasteiger partial charge in [0.1, 0.15) is 6.61 Å². The summed E-state index contributed by atoms with van der Waals surface area (Å²) in [5.41, 5.74) is 0.791. The summed E-state index contributed by atoms with van der Waals surface area (Å²) in [7, 11) is -2.14. The molecule has 7 nitrogen and oxygen atoms in total. The second kappa shape index (κ2) is 17.6. The Morgan fingerprint density at radius 3 is 2.03 bits per heavy atom. The highest BCUT2D eigenvalue weighted by Gasteiger charge is 2.40. The zero-order valence-electron chi connectivity index (χ0n) is 24.6. The van der Waals surface area contributed by atoms with Gasteiger partial charge in [0.15, 0.2) is 14.4 Å². The van der Waals surface area contributed by atoms with Crippen LogP contribution in [0, 0.1) is 0 Å². The molecule has 0 heterocycles. The Balaban J connectivity index is 2.70. The summed E-state index contributed by atoms with van der Waals surface area (Å²) in [6, 6.07) is 7.66. The molecule has 1 aromatic rings. The van der Waals surface area contributed by atoms with Crippen molar-refractivity contribution in [1.29, 1.82) is 0 Å². The third-order valence-electron chi connectivity index (χ3n) is 7.54. The number of amides is 1. The van der Waals surface area contributed by atoms with Crippen molar-refractivity contribution in [2.45, 2.75) is 141 Å². The number of aliphatic hydroxyl groups excluding tert-OH is 1. The fourth-order valence-corrected chi connectivity index (χ4v) is 5.52. The molecule has 3 N–H and O–H groups in total. The summed E-state index contributed by atoms with van der Waals surface area (Å²) in [6.07, 6.45) is 9.36. The molecule has 0 saturated heterocycles. The van der Waals surface area contributed by atoms with Crippen molar-refractivity contribution in [3.05, 3.63) is 35.9 Å². The molecule has 0 aliphatic rings. The minimum atomic E-state index is -2.14. The average molecular weight is 552 g/mol. The van der Waals surface area contributed by atoms with Crippen LogP contribution in [0.1, 0.15) is 104 Å². The normalized spacial score (nSPS) is 14.5. The van der Waals surface area contributed by atoms with E-state index in [9.17, 15) is 19.8 Å². The van der Waals surface area contributed by atoms with Crippen LogP contribution >= 0.6 is 0 Å². The molecular formula is C30H53NO6Si.